The van der Waals surface area contributed by atoms with Gasteiger partial charge in [-0.05, 0) is 48.6 Å². The quantitative estimate of drug-likeness (QED) is 0.582. The van der Waals surface area contributed by atoms with Crippen LogP contribution in [0.1, 0.15) is 61.2 Å². The first-order valence-corrected chi connectivity index (χ1v) is 10.8. The van der Waals surface area contributed by atoms with Crippen LogP contribution in [0.3, 0.4) is 0 Å². The van der Waals surface area contributed by atoms with Gasteiger partial charge in [0.1, 0.15) is 11.6 Å². The number of anilines is 1. The normalized spacial score (nSPS) is 13.6. The molecule has 0 atom stereocenters. The first kappa shape index (κ1) is 22.6. The summed E-state index contributed by atoms with van der Waals surface area (Å²) in [6.45, 7) is 7.37. The minimum absolute atomic E-state index is 0.0297. The Hall–Kier alpha value is -3.62. The molecule has 1 aliphatic rings. The standard InChI is InChI=1S/C24H26FN5O3/c1-13-17(15-9-10-26-18(11-15)28-20(31)14-5-6-14)8-7-16(19(13)25)12-27-21(32)22-29-23(30-33-22)24(2,3)4/h7-11,14H,5-6,12H2,1-4H3,(H,27,32)(H,26,28,31). The molecule has 0 aliphatic heterocycles. The van der Waals surface area contributed by atoms with E-state index in [-0.39, 0.29) is 29.7 Å². The molecular formula is C24H26FN5O3. The van der Waals surface area contributed by atoms with Crippen molar-refractivity contribution in [2.24, 2.45) is 5.92 Å². The predicted octanol–water partition coefficient (Wildman–Crippen LogP) is 4.16. The smallest absolute Gasteiger partial charge is 0.315 e. The second-order valence-corrected chi connectivity index (χ2v) is 9.26. The Bertz CT molecular complexity index is 1210. The van der Waals surface area contributed by atoms with Crippen LogP contribution in [0.25, 0.3) is 11.1 Å². The monoisotopic (exact) mass is 451 g/mol. The summed E-state index contributed by atoms with van der Waals surface area (Å²) in [6.07, 6.45) is 3.38. The molecule has 8 nitrogen and oxygen atoms in total. The number of carbonyl (C=O) groups excluding carboxylic acids is 2. The van der Waals surface area contributed by atoms with Crippen molar-refractivity contribution in [3.8, 4) is 11.1 Å². The van der Waals surface area contributed by atoms with E-state index in [9.17, 15) is 9.59 Å². The molecule has 2 heterocycles. The van der Waals surface area contributed by atoms with Crippen molar-refractivity contribution >= 4 is 17.6 Å². The van der Waals surface area contributed by atoms with E-state index in [1.54, 1.807) is 37.4 Å². The van der Waals surface area contributed by atoms with E-state index < -0.39 is 11.7 Å². The highest BCUT2D eigenvalue weighted by atomic mass is 19.1. The van der Waals surface area contributed by atoms with Crippen LogP contribution in [0.4, 0.5) is 10.2 Å². The summed E-state index contributed by atoms with van der Waals surface area (Å²) in [5, 5.41) is 9.26. The number of nitrogens with zero attached hydrogens (tertiary/aromatic N) is 3. The third kappa shape index (κ3) is 5.08. The average Bonchev–Trinajstić information content (AvgIpc) is 3.49. The summed E-state index contributed by atoms with van der Waals surface area (Å²) in [5.74, 6) is -0.260. The number of hydrogen-bond acceptors (Lipinski definition) is 6. The number of amides is 2. The van der Waals surface area contributed by atoms with E-state index in [1.165, 1.54) is 0 Å². The number of halogens is 1. The van der Waals surface area contributed by atoms with Gasteiger partial charge in [-0.1, -0.05) is 38.1 Å². The average molecular weight is 452 g/mol. The molecule has 1 saturated carbocycles. The Morgan fingerprint density at radius 3 is 2.64 bits per heavy atom. The molecule has 0 spiro atoms. The molecule has 1 aliphatic carbocycles. The van der Waals surface area contributed by atoms with Gasteiger partial charge in [0.25, 0.3) is 0 Å². The molecule has 0 bridgehead atoms. The van der Waals surface area contributed by atoms with Crippen LogP contribution in [0.15, 0.2) is 35.0 Å². The van der Waals surface area contributed by atoms with E-state index in [0.717, 1.165) is 18.4 Å². The van der Waals surface area contributed by atoms with E-state index >= 15 is 4.39 Å². The highest BCUT2D eigenvalue weighted by molar-refractivity contribution is 5.93. The predicted molar refractivity (Wildman–Crippen MR) is 120 cm³/mol. The Labute approximate surface area is 191 Å². The van der Waals surface area contributed by atoms with Crippen molar-refractivity contribution in [3.05, 3.63) is 59.1 Å². The lowest BCUT2D eigenvalue weighted by Gasteiger charge is -2.13. The molecule has 1 fully saturated rings. The van der Waals surface area contributed by atoms with Gasteiger partial charge in [-0.25, -0.2) is 9.37 Å². The lowest BCUT2D eigenvalue weighted by Crippen LogP contribution is -2.24. The molecule has 0 unspecified atom stereocenters. The van der Waals surface area contributed by atoms with Crippen molar-refractivity contribution in [2.45, 2.75) is 52.5 Å². The molecule has 2 aromatic heterocycles. The summed E-state index contributed by atoms with van der Waals surface area (Å²) < 4.78 is 20.1. The van der Waals surface area contributed by atoms with Crippen molar-refractivity contribution < 1.29 is 18.5 Å². The fraction of sp³-hybridized carbons (Fsp3) is 0.375. The number of aromatic nitrogens is 3. The van der Waals surface area contributed by atoms with E-state index in [1.807, 2.05) is 20.8 Å². The zero-order valence-electron chi connectivity index (χ0n) is 19.0. The zero-order valence-corrected chi connectivity index (χ0v) is 19.0. The Kier molecular flexibility index (Phi) is 5.97. The maximum Gasteiger partial charge on any atom is 0.315 e. The Balaban J connectivity index is 1.47. The number of hydrogen-bond donors (Lipinski definition) is 2. The van der Waals surface area contributed by atoms with E-state index in [2.05, 4.69) is 25.8 Å². The minimum Gasteiger partial charge on any atom is -0.344 e. The number of benzene rings is 1. The lowest BCUT2D eigenvalue weighted by atomic mass is 9.96. The molecule has 3 aromatic rings. The van der Waals surface area contributed by atoms with Crippen LogP contribution in [-0.4, -0.2) is 26.9 Å². The fourth-order valence-electron chi connectivity index (χ4n) is 3.30. The molecule has 1 aromatic carbocycles. The van der Waals surface area contributed by atoms with E-state index in [4.69, 9.17) is 4.52 Å². The maximum atomic E-state index is 15.1. The second kappa shape index (κ2) is 8.73. The number of carbonyl (C=O) groups is 2. The van der Waals surface area contributed by atoms with Crippen molar-refractivity contribution in [3.63, 3.8) is 0 Å². The fourth-order valence-corrected chi connectivity index (χ4v) is 3.30. The van der Waals surface area contributed by atoms with Crippen LogP contribution < -0.4 is 10.6 Å². The third-order valence-corrected chi connectivity index (χ3v) is 5.47. The summed E-state index contributed by atoms with van der Waals surface area (Å²) in [6, 6.07) is 6.89. The summed E-state index contributed by atoms with van der Waals surface area (Å²) in [4.78, 5) is 32.7. The number of pyridine rings is 1. The van der Waals surface area contributed by atoms with Crippen LogP contribution in [0, 0.1) is 18.7 Å². The molecule has 33 heavy (non-hydrogen) atoms. The topological polar surface area (TPSA) is 110 Å². The van der Waals surface area contributed by atoms with Gasteiger partial charge in [0.2, 0.25) is 5.91 Å². The third-order valence-electron chi connectivity index (χ3n) is 5.47. The maximum absolute atomic E-state index is 15.1. The largest absolute Gasteiger partial charge is 0.344 e. The highest BCUT2D eigenvalue weighted by Crippen LogP contribution is 2.31. The molecule has 9 heteroatoms. The van der Waals surface area contributed by atoms with E-state index in [0.29, 0.717) is 28.3 Å². The summed E-state index contributed by atoms with van der Waals surface area (Å²) >= 11 is 0. The number of nitrogens with one attached hydrogen (secondary N) is 2. The van der Waals surface area contributed by atoms with Crippen molar-refractivity contribution in [1.29, 1.82) is 0 Å². The van der Waals surface area contributed by atoms with Gasteiger partial charge in [0.05, 0.1) is 0 Å². The molecule has 172 valence electrons. The molecule has 0 radical (unpaired) electrons. The zero-order chi connectivity index (χ0) is 23.8. The van der Waals surface area contributed by atoms with Gasteiger partial charge in [0.15, 0.2) is 5.82 Å². The number of rotatable bonds is 6. The lowest BCUT2D eigenvalue weighted by molar-refractivity contribution is -0.117. The van der Waals surface area contributed by atoms with Crippen LogP contribution >= 0.6 is 0 Å². The molecule has 0 saturated heterocycles. The van der Waals surface area contributed by atoms with Crippen molar-refractivity contribution in [1.82, 2.24) is 20.4 Å². The van der Waals surface area contributed by atoms with Gasteiger partial charge < -0.3 is 15.2 Å². The minimum atomic E-state index is -0.565. The van der Waals surface area contributed by atoms with Crippen LogP contribution in [0.5, 0.6) is 0 Å². The molecule has 2 N–H and O–H groups in total. The van der Waals surface area contributed by atoms with Gasteiger partial charge in [-0.2, -0.15) is 4.98 Å². The van der Waals surface area contributed by atoms with Crippen LogP contribution in [-0.2, 0) is 16.8 Å². The van der Waals surface area contributed by atoms with Gasteiger partial charge in [-0.15, -0.1) is 0 Å². The highest BCUT2D eigenvalue weighted by Gasteiger charge is 2.30. The van der Waals surface area contributed by atoms with Gasteiger partial charge >= 0.3 is 11.8 Å². The summed E-state index contributed by atoms with van der Waals surface area (Å²) in [5.41, 5.74) is 1.83. The van der Waals surface area contributed by atoms with Gasteiger partial charge in [0, 0.05) is 29.6 Å². The van der Waals surface area contributed by atoms with Crippen LogP contribution in [0.2, 0.25) is 0 Å². The Morgan fingerprint density at radius 2 is 1.97 bits per heavy atom. The second-order valence-electron chi connectivity index (χ2n) is 9.26. The first-order valence-electron chi connectivity index (χ1n) is 10.8. The molecule has 2 amide bonds. The molecular weight excluding hydrogens is 425 g/mol. The Morgan fingerprint density at radius 1 is 1.21 bits per heavy atom. The summed E-state index contributed by atoms with van der Waals surface area (Å²) in [7, 11) is 0. The SMILES string of the molecule is Cc1c(-c2ccnc(NC(=O)C3CC3)c2)ccc(CNC(=O)c2nc(C(C)(C)C)no2)c1F. The first-order chi connectivity index (χ1) is 15.6. The molecule has 4 rings (SSSR count). The van der Waals surface area contributed by atoms with Crippen molar-refractivity contribution in [2.75, 3.05) is 5.32 Å². The van der Waals surface area contributed by atoms with Gasteiger partial charge in [-0.3, -0.25) is 9.59 Å².